The van der Waals surface area contributed by atoms with Crippen LogP contribution in [0.15, 0.2) is 0 Å². The van der Waals surface area contributed by atoms with E-state index in [1.165, 1.54) is 0 Å². The van der Waals surface area contributed by atoms with Gasteiger partial charge < -0.3 is 15.8 Å². The van der Waals surface area contributed by atoms with Crippen LogP contribution < -0.4 is 11.1 Å². The van der Waals surface area contributed by atoms with E-state index in [-0.39, 0.29) is 5.91 Å². The Hall–Kier alpha value is -0.610. The molecule has 1 aliphatic rings. The first-order valence-electron chi connectivity index (χ1n) is 5.85. The fourth-order valence-corrected chi connectivity index (χ4v) is 1.87. The van der Waals surface area contributed by atoms with Crippen molar-refractivity contribution in [2.24, 2.45) is 5.73 Å². The third-order valence-electron chi connectivity index (χ3n) is 2.81. The normalized spacial score (nSPS) is 26.3. The van der Waals surface area contributed by atoms with Gasteiger partial charge in [0.1, 0.15) is 0 Å². The molecule has 1 aliphatic carbocycles. The first-order valence-corrected chi connectivity index (χ1v) is 5.85. The quantitative estimate of drug-likeness (QED) is 0.665. The molecule has 0 bridgehead atoms. The average Bonchev–Trinajstić information content (AvgIpc) is 2.22. The maximum absolute atomic E-state index is 11.4. The van der Waals surface area contributed by atoms with E-state index < -0.39 is 0 Å². The van der Waals surface area contributed by atoms with Crippen LogP contribution in [-0.4, -0.2) is 31.2 Å². The molecule has 1 saturated carbocycles. The molecule has 15 heavy (non-hydrogen) atoms. The molecule has 88 valence electrons. The first kappa shape index (κ1) is 12.5. The predicted octanol–water partition coefficient (Wildman–Crippen LogP) is 0.799. The van der Waals surface area contributed by atoms with Crippen LogP contribution in [-0.2, 0) is 9.53 Å². The Morgan fingerprint density at radius 3 is 2.67 bits per heavy atom. The summed E-state index contributed by atoms with van der Waals surface area (Å²) in [4.78, 5) is 11.4. The molecule has 0 radical (unpaired) electrons. The summed E-state index contributed by atoms with van der Waals surface area (Å²) in [6, 6.07) is 0.667. The number of nitrogens with one attached hydrogen (secondary N) is 1. The van der Waals surface area contributed by atoms with Gasteiger partial charge >= 0.3 is 0 Å². The lowest BCUT2D eigenvalue weighted by Crippen LogP contribution is -2.40. The third-order valence-corrected chi connectivity index (χ3v) is 2.81. The minimum atomic E-state index is 0.101. The maximum atomic E-state index is 11.4. The zero-order chi connectivity index (χ0) is 11.1. The lowest BCUT2D eigenvalue weighted by Gasteiger charge is -2.26. The smallest absolute Gasteiger partial charge is 0.222 e. The van der Waals surface area contributed by atoms with Crippen molar-refractivity contribution < 1.29 is 9.53 Å². The van der Waals surface area contributed by atoms with E-state index in [9.17, 15) is 4.79 Å². The third kappa shape index (κ3) is 5.14. The van der Waals surface area contributed by atoms with Crippen LogP contribution in [0.3, 0.4) is 0 Å². The van der Waals surface area contributed by atoms with Crippen LogP contribution in [0.25, 0.3) is 0 Å². The van der Waals surface area contributed by atoms with Crippen molar-refractivity contribution in [3.05, 3.63) is 0 Å². The largest absolute Gasteiger partial charge is 0.381 e. The Morgan fingerprint density at radius 1 is 1.40 bits per heavy atom. The molecular formula is C11H22N2O2. The second kappa shape index (κ2) is 6.80. The molecule has 0 aromatic rings. The van der Waals surface area contributed by atoms with Crippen LogP contribution in [0.1, 0.15) is 39.0 Å². The summed E-state index contributed by atoms with van der Waals surface area (Å²) in [5.74, 6) is 0.101. The highest BCUT2D eigenvalue weighted by Gasteiger charge is 2.19. The van der Waals surface area contributed by atoms with E-state index in [0.29, 0.717) is 31.7 Å². The fourth-order valence-electron chi connectivity index (χ4n) is 1.87. The van der Waals surface area contributed by atoms with E-state index in [1.807, 2.05) is 6.92 Å². The maximum Gasteiger partial charge on any atom is 0.222 e. The summed E-state index contributed by atoms with van der Waals surface area (Å²) < 4.78 is 5.13. The Labute approximate surface area is 91.5 Å². The standard InChI is InChI=1S/C11H22N2O2/c1-2-15-8-7-11(14)13-10-5-3-9(12)4-6-10/h9-10H,2-8,12H2,1H3,(H,13,14). The van der Waals surface area contributed by atoms with Gasteiger partial charge in [-0.05, 0) is 32.6 Å². The average molecular weight is 214 g/mol. The molecule has 4 nitrogen and oxygen atoms in total. The highest BCUT2D eigenvalue weighted by molar-refractivity contribution is 5.76. The summed E-state index contributed by atoms with van der Waals surface area (Å²) in [7, 11) is 0. The highest BCUT2D eigenvalue weighted by Crippen LogP contribution is 2.16. The van der Waals surface area contributed by atoms with Crippen LogP contribution in [0, 0.1) is 0 Å². The number of nitrogens with two attached hydrogens (primary N) is 1. The minimum absolute atomic E-state index is 0.101. The molecule has 0 aliphatic heterocycles. The topological polar surface area (TPSA) is 64.3 Å². The van der Waals surface area contributed by atoms with E-state index >= 15 is 0 Å². The first-order chi connectivity index (χ1) is 7.22. The van der Waals surface area contributed by atoms with E-state index in [1.54, 1.807) is 0 Å². The van der Waals surface area contributed by atoms with Crippen LogP contribution in [0.4, 0.5) is 0 Å². The molecule has 0 saturated heterocycles. The van der Waals surface area contributed by atoms with E-state index in [0.717, 1.165) is 25.7 Å². The van der Waals surface area contributed by atoms with Gasteiger partial charge in [-0.3, -0.25) is 4.79 Å². The summed E-state index contributed by atoms with van der Waals surface area (Å²) in [5, 5.41) is 3.02. The fraction of sp³-hybridized carbons (Fsp3) is 0.909. The molecule has 0 spiro atoms. The van der Waals surface area contributed by atoms with Crippen LogP contribution >= 0.6 is 0 Å². The molecule has 1 rings (SSSR count). The van der Waals surface area contributed by atoms with Gasteiger partial charge in [0.05, 0.1) is 6.61 Å². The zero-order valence-corrected chi connectivity index (χ0v) is 9.50. The molecule has 3 N–H and O–H groups in total. The number of rotatable bonds is 5. The zero-order valence-electron chi connectivity index (χ0n) is 9.50. The van der Waals surface area contributed by atoms with Crippen molar-refractivity contribution in [2.75, 3.05) is 13.2 Å². The number of carbonyl (C=O) groups excluding carboxylic acids is 1. The van der Waals surface area contributed by atoms with Gasteiger partial charge in [-0.1, -0.05) is 0 Å². The Bertz CT molecular complexity index is 189. The van der Waals surface area contributed by atoms with Crippen LogP contribution in [0.5, 0.6) is 0 Å². The van der Waals surface area contributed by atoms with Gasteiger partial charge in [0.2, 0.25) is 5.91 Å². The van der Waals surface area contributed by atoms with Gasteiger partial charge in [-0.25, -0.2) is 0 Å². The van der Waals surface area contributed by atoms with Crippen molar-refractivity contribution in [3.63, 3.8) is 0 Å². The van der Waals surface area contributed by atoms with Crippen molar-refractivity contribution in [3.8, 4) is 0 Å². The van der Waals surface area contributed by atoms with Crippen molar-refractivity contribution in [1.29, 1.82) is 0 Å². The van der Waals surface area contributed by atoms with Gasteiger partial charge in [0.15, 0.2) is 0 Å². The number of hydrogen-bond acceptors (Lipinski definition) is 3. The molecule has 0 aromatic carbocycles. The molecule has 0 unspecified atom stereocenters. The Balaban J connectivity index is 2.09. The number of amides is 1. The summed E-state index contributed by atoms with van der Waals surface area (Å²) in [6.45, 7) is 3.13. The SMILES string of the molecule is CCOCCC(=O)NC1CCC(N)CC1. The van der Waals surface area contributed by atoms with Crippen molar-refractivity contribution >= 4 is 5.91 Å². The van der Waals surface area contributed by atoms with Gasteiger partial charge in [-0.2, -0.15) is 0 Å². The lowest BCUT2D eigenvalue weighted by molar-refractivity contribution is -0.123. The lowest BCUT2D eigenvalue weighted by atomic mass is 9.92. The Morgan fingerprint density at radius 2 is 2.07 bits per heavy atom. The number of carbonyl (C=O) groups is 1. The number of hydrogen-bond donors (Lipinski definition) is 2. The monoisotopic (exact) mass is 214 g/mol. The van der Waals surface area contributed by atoms with E-state index in [4.69, 9.17) is 10.5 Å². The second-order valence-corrected chi connectivity index (χ2v) is 4.13. The Kier molecular flexibility index (Phi) is 5.65. The molecule has 1 fully saturated rings. The minimum Gasteiger partial charge on any atom is -0.381 e. The molecule has 4 heteroatoms. The molecule has 1 amide bonds. The van der Waals surface area contributed by atoms with Gasteiger partial charge in [0.25, 0.3) is 0 Å². The summed E-state index contributed by atoms with van der Waals surface area (Å²) in [5.41, 5.74) is 5.79. The number of ether oxygens (including phenoxy) is 1. The van der Waals surface area contributed by atoms with Crippen molar-refractivity contribution in [1.82, 2.24) is 5.32 Å². The summed E-state index contributed by atoms with van der Waals surface area (Å²) in [6.07, 6.45) is 4.55. The van der Waals surface area contributed by atoms with Gasteiger partial charge in [-0.15, -0.1) is 0 Å². The van der Waals surface area contributed by atoms with Crippen LogP contribution in [0.2, 0.25) is 0 Å². The highest BCUT2D eigenvalue weighted by atomic mass is 16.5. The molecule has 0 heterocycles. The molecular weight excluding hydrogens is 192 g/mol. The molecule has 0 aromatic heterocycles. The molecule has 0 atom stereocenters. The van der Waals surface area contributed by atoms with Gasteiger partial charge in [0, 0.05) is 25.1 Å². The summed E-state index contributed by atoms with van der Waals surface area (Å²) >= 11 is 0. The van der Waals surface area contributed by atoms with E-state index in [2.05, 4.69) is 5.32 Å². The van der Waals surface area contributed by atoms with Crippen molar-refractivity contribution in [2.45, 2.75) is 51.1 Å². The second-order valence-electron chi connectivity index (χ2n) is 4.13. The predicted molar refractivity (Wildman–Crippen MR) is 59.5 cm³/mol.